The average Bonchev–Trinajstić information content (AvgIpc) is 2.47. The Bertz CT molecular complexity index is 615. The number of benzene rings is 1. The highest BCUT2D eigenvalue weighted by molar-refractivity contribution is 7.99. The minimum atomic E-state index is -0.0954. The predicted molar refractivity (Wildman–Crippen MR) is 86.1 cm³/mol. The van der Waals surface area contributed by atoms with E-state index in [9.17, 15) is 4.79 Å². The summed E-state index contributed by atoms with van der Waals surface area (Å²) in [5, 5.41) is 5.14. The van der Waals surface area contributed by atoms with E-state index in [0.717, 1.165) is 17.2 Å². The molecule has 20 heavy (non-hydrogen) atoms. The molecule has 5 heteroatoms. The van der Waals surface area contributed by atoms with Crippen LogP contribution in [0.1, 0.15) is 23.7 Å². The fourth-order valence-electron chi connectivity index (χ4n) is 2.00. The molecule has 3 N–H and O–H groups in total. The van der Waals surface area contributed by atoms with Gasteiger partial charge in [-0.15, -0.1) is 0 Å². The molecule has 2 rings (SSSR count). The van der Waals surface area contributed by atoms with Crippen LogP contribution in [-0.2, 0) is 0 Å². The Balaban J connectivity index is 2.16. The maximum atomic E-state index is 12.2. The highest BCUT2D eigenvalue weighted by Crippen LogP contribution is 2.22. The van der Waals surface area contributed by atoms with E-state index in [0.29, 0.717) is 23.2 Å². The van der Waals surface area contributed by atoms with Crippen molar-refractivity contribution in [3.8, 4) is 0 Å². The summed E-state index contributed by atoms with van der Waals surface area (Å²) in [6, 6.07) is 7.56. The second kappa shape index (κ2) is 6.61. The summed E-state index contributed by atoms with van der Waals surface area (Å²) in [6.45, 7) is 2.82. The van der Waals surface area contributed by atoms with Gasteiger partial charge < -0.3 is 11.1 Å². The van der Waals surface area contributed by atoms with Crippen LogP contribution < -0.4 is 11.1 Å². The normalized spacial score (nSPS) is 12.3. The van der Waals surface area contributed by atoms with Gasteiger partial charge in [0.15, 0.2) is 0 Å². The molecule has 0 spiro atoms. The largest absolute Gasteiger partial charge is 0.383 e. The molecule has 0 radical (unpaired) electrons. The Labute approximate surface area is 123 Å². The smallest absolute Gasteiger partial charge is 0.253 e. The monoisotopic (exact) mass is 289 g/mol. The molecule has 1 aromatic carbocycles. The number of amides is 1. The van der Waals surface area contributed by atoms with Gasteiger partial charge in [-0.05, 0) is 18.1 Å². The Hall–Kier alpha value is -1.75. The van der Waals surface area contributed by atoms with Gasteiger partial charge in [0.25, 0.3) is 5.91 Å². The SMILES string of the molecule is CSC(C)CCNC(=O)c1cnc(N)c2ccccc12. The second-order valence-corrected chi connectivity index (χ2v) is 5.97. The number of pyridine rings is 1. The lowest BCUT2D eigenvalue weighted by atomic mass is 10.1. The van der Waals surface area contributed by atoms with Crippen molar-refractivity contribution >= 4 is 34.3 Å². The highest BCUT2D eigenvalue weighted by atomic mass is 32.2. The fourth-order valence-corrected chi connectivity index (χ4v) is 2.35. The molecular weight excluding hydrogens is 270 g/mol. The lowest BCUT2D eigenvalue weighted by Gasteiger charge is -2.11. The third-order valence-corrected chi connectivity index (χ3v) is 4.35. The zero-order chi connectivity index (χ0) is 14.5. The fraction of sp³-hybridized carbons (Fsp3) is 0.333. The van der Waals surface area contributed by atoms with Crippen molar-refractivity contribution in [2.45, 2.75) is 18.6 Å². The van der Waals surface area contributed by atoms with Crippen molar-refractivity contribution in [1.29, 1.82) is 0 Å². The molecule has 0 fully saturated rings. The molecule has 1 atom stereocenters. The molecular formula is C15H19N3OS. The quantitative estimate of drug-likeness (QED) is 0.888. The lowest BCUT2D eigenvalue weighted by molar-refractivity contribution is 0.0954. The molecule has 0 aliphatic carbocycles. The molecule has 0 saturated carbocycles. The number of thioether (sulfide) groups is 1. The van der Waals surface area contributed by atoms with Crippen LogP contribution in [-0.4, -0.2) is 28.9 Å². The number of hydrogen-bond donors (Lipinski definition) is 2. The zero-order valence-corrected chi connectivity index (χ0v) is 12.5. The van der Waals surface area contributed by atoms with Gasteiger partial charge in [0.2, 0.25) is 0 Å². The van der Waals surface area contributed by atoms with Gasteiger partial charge in [-0.25, -0.2) is 4.98 Å². The zero-order valence-electron chi connectivity index (χ0n) is 11.7. The third kappa shape index (κ3) is 3.22. The summed E-state index contributed by atoms with van der Waals surface area (Å²) in [7, 11) is 0. The van der Waals surface area contributed by atoms with Gasteiger partial charge in [0, 0.05) is 23.4 Å². The maximum absolute atomic E-state index is 12.2. The number of fused-ring (bicyclic) bond motifs is 1. The Morgan fingerprint density at radius 3 is 2.80 bits per heavy atom. The molecule has 106 valence electrons. The third-order valence-electron chi connectivity index (χ3n) is 3.31. The van der Waals surface area contributed by atoms with E-state index in [1.54, 1.807) is 18.0 Å². The molecule has 0 bridgehead atoms. The average molecular weight is 289 g/mol. The van der Waals surface area contributed by atoms with Crippen LogP contribution in [0.3, 0.4) is 0 Å². The van der Waals surface area contributed by atoms with Crippen LogP contribution in [0.15, 0.2) is 30.5 Å². The summed E-state index contributed by atoms with van der Waals surface area (Å²) >= 11 is 1.80. The van der Waals surface area contributed by atoms with Gasteiger partial charge in [-0.1, -0.05) is 31.2 Å². The van der Waals surface area contributed by atoms with Crippen molar-refractivity contribution in [2.24, 2.45) is 0 Å². The summed E-state index contributed by atoms with van der Waals surface area (Å²) in [5.41, 5.74) is 6.41. The summed E-state index contributed by atoms with van der Waals surface area (Å²) in [4.78, 5) is 16.3. The number of rotatable bonds is 5. The number of nitrogens with zero attached hydrogens (tertiary/aromatic N) is 1. The first-order valence-corrected chi connectivity index (χ1v) is 7.86. The molecule has 1 aromatic heterocycles. The standard InChI is InChI=1S/C15H19N3OS/c1-10(20-2)7-8-17-15(19)13-9-18-14(16)12-6-4-3-5-11(12)13/h3-6,9-10H,7-8H2,1-2H3,(H2,16,18)(H,17,19). The maximum Gasteiger partial charge on any atom is 0.253 e. The van der Waals surface area contributed by atoms with Crippen LogP contribution in [0.5, 0.6) is 0 Å². The van der Waals surface area contributed by atoms with E-state index in [2.05, 4.69) is 23.5 Å². The molecule has 2 aromatic rings. The highest BCUT2D eigenvalue weighted by Gasteiger charge is 2.12. The molecule has 1 heterocycles. The van der Waals surface area contributed by atoms with E-state index in [1.807, 2.05) is 24.3 Å². The first-order chi connectivity index (χ1) is 9.63. The van der Waals surface area contributed by atoms with E-state index in [1.165, 1.54) is 0 Å². The number of nitrogens with two attached hydrogens (primary N) is 1. The van der Waals surface area contributed by atoms with Crippen LogP contribution in [0, 0.1) is 0 Å². The van der Waals surface area contributed by atoms with E-state index < -0.39 is 0 Å². The number of aromatic nitrogens is 1. The number of anilines is 1. The number of hydrogen-bond acceptors (Lipinski definition) is 4. The van der Waals surface area contributed by atoms with Crippen molar-refractivity contribution in [3.05, 3.63) is 36.0 Å². The Morgan fingerprint density at radius 1 is 1.40 bits per heavy atom. The van der Waals surface area contributed by atoms with Crippen molar-refractivity contribution in [2.75, 3.05) is 18.5 Å². The molecule has 0 aliphatic heterocycles. The van der Waals surface area contributed by atoms with Crippen LogP contribution in [0.2, 0.25) is 0 Å². The van der Waals surface area contributed by atoms with Crippen molar-refractivity contribution in [3.63, 3.8) is 0 Å². The summed E-state index contributed by atoms with van der Waals surface area (Å²) in [6.07, 6.45) is 4.57. The second-order valence-electron chi connectivity index (χ2n) is 4.69. The molecule has 4 nitrogen and oxygen atoms in total. The van der Waals surface area contributed by atoms with Crippen molar-refractivity contribution in [1.82, 2.24) is 10.3 Å². The minimum Gasteiger partial charge on any atom is -0.383 e. The van der Waals surface area contributed by atoms with E-state index in [-0.39, 0.29) is 5.91 Å². The molecule has 1 unspecified atom stereocenters. The van der Waals surface area contributed by atoms with Crippen molar-refractivity contribution < 1.29 is 4.79 Å². The number of nitrogens with one attached hydrogen (secondary N) is 1. The molecule has 0 aliphatic rings. The summed E-state index contributed by atoms with van der Waals surface area (Å²) < 4.78 is 0. The van der Waals surface area contributed by atoms with Gasteiger partial charge in [0.1, 0.15) is 5.82 Å². The minimum absolute atomic E-state index is 0.0954. The number of carbonyl (C=O) groups is 1. The molecule has 0 saturated heterocycles. The Kier molecular flexibility index (Phi) is 4.84. The molecule has 1 amide bonds. The van der Waals surface area contributed by atoms with Crippen LogP contribution in [0.25, 0.3) is 10.8 Å². The first kappa shape index (κ1) is 14.7. The van der Waals surface area contributed by atoms with E-state index >= 15 is 0 Å². The predicted octanol–water partition coefficient (Wildman–Crippen LogP) is 2.69. The van der Waals surface area contributed by atoms with Gasteiger partial charge in [0.05, 0.1) is 5.56 Å². The number of nitrogen functional groups attached to an aromatic ring is 1. The number of carbonyl (C=O) groups excluding carboxylic acids is 1. The van der Waals surface area contributed by atoms with Crippen LogP contribution in [0.4, 0.5) is 5.82 Å². The summed E-state index contributed by atoms with van der Waals surface area (Å²) in [5.74, 6) is 0.357. The van der Waals surface area contributed by atoms with Crippen LogP contribution >= 0.6 is 11.8 Å². The lowest BCUT2D eigenvalue weighted by Crippen LogP contribution is -2.26. The van der Waals surface area contributed by atoms with Gasteiger partial charge in [-0.3, -0.25) is 4.79 Å². The van der Waals surface area contributed by atoms with Gasteiger partial charge in [-0.2, -0.15) is 11.8 Å². The topological polar surface area (TPSA) is 68.0 Å². The van der Waals surface area contributed by atoms with Gasteiger partial charge >= 0.3 is 0 Å². The van der Waals surface area contributed by atoms with E-state index in [4.69, 9.17) is 5.73 Å². The Morgan fingerprint density at radius 2 is 2.10 bits per heavy atom. The first-order valence-electron chi connectivity index (χ1n) is 6.57.